The van der Waals surface area contributed by atoms with Crippen molar-refractivity contribution < 1.29 is 4.79 Å². The van der Waals surface area contributed by atoms with Crippen LogP contribution < -0.4 is 10.4 Å². The van der Waals surface area contributed by atoms with E-state index in [4.69, 9.17) is 0 Å². The van der Waals surface area contributed by atoms with Gasteiger partial charge in [0.15, 0.2) is 5.78 Å². The second-order valence-corrected chi connectivity index (χ2v) is 3.38. The van der Waals surface area contributed by atoms with Gasteiger partial charge in [-0.3, -0.25) is 4.79 Å². The molecule has 1 aromatic rings. The van der Waals surface area contributed by atoms with Crippen LogP contribution in [0.3, 0.4) is 0 Å². The van der Waals surface area contributed by atoms with Crippen molar-refractivity contribution in [2.75, 3.05) is 0 Å². The molecule has 0 unspecified atom stereocenters. The standard InChI is InChI=1S/C12H12O/c1-3-10-11(13)7-9-6-4-5-8(2)12(9)10/h4-6H,2-3,7H2,1H3. The highest BCUT2D eigenvalue weighted by molar-refractivity contribution is 6.18. The van der Waals surface area contributed by atoms with Crippen LogP contribution in [0.1, 0.15) is 18.9 Å². The van der Waals surface area contributed by atoms with E-state index >= 15 is 0 Å². The van der Waals surface area contributed by atoms with E-state index in [1.54, 1.807) is 0 Å². The molecule has 13 heavy (non-hydrogen) atoms. The minimum Gasteiger partial charge on any atom is -0.294 e. The van der Waals surface area contributed by atoms with Gasteiger partial charge in [-0.25, -0.2) is 0 Å². The highest BCUT2D eigenvalue weighted by atomic mass is 16.1. The van der Waals surface area contributed by atoms with Gasteiger partial charge in [-0.1, -0.05) is 31.7 Å². The maximum absolute atomic E-state index is 11.5. The molecular weight excluding hydrogens is 160 g/mol. The van der Waals surface area contributed by atoms with Crippen molar-refractivity contribution in [3.05, 3.63) is 34.2 Å². The number of rotatable bonds is 1. The molecule has 1 heteroatoms. The third-order valence-electron chi connectivity index (χ3n) is 2.58. The minimum absolute atomic E-state index is 0.272. The van der Waals surface area contributed by atoms with Crippen LogP contribution in [-0.2, 0) is 11.2 Å². The van der Waals surface area contributed by atoms with E-state index in [2.05, 4.69) is 6.58 Å². The molecule has 0 aromatic heterocycles. The topological polar surface area (TPSA) is 17.1 Å². The van der Waals surface area contributed by atoms with Gasteiger partial charge < -0.3 is 0 Å². The van der Waals surface area contributed by atoms with E-state index in [9.17, 15) is 4.79 Å². The van der Waals surface area contributed by atoms with E-state index in [-0.39, 0.29) is 5.78 Å². The normalized spacial score (nSPS) is 14.8. The average molecular weight is 172 g/mol. The van der Waals surface area contributed by atoms with Crippen molar-refractivity contribution in [1.29, 1.82) is 0 Å². The molecule has 1 nitrogen and oxygen atoms in total. The lowest BCUT2D eigenvalue weighted by Gasteiger charge is -1.93. The summed E-state index contributed by atoms with van der Waals surface area (Å²) < 4.78 is 0. The summed E-state index contributed by atoms with van der Waals surface area (Å²) in [7, 11) is 0. The van der Waals surface area contributed by atoms with E-state index < -0.39 is 0 Å². The van der Waals surface area contributed by atoms with Crippen LogP contribution in [0.15, 0.2) is 18.2 Å². The Morgan fingerprint density at radius 3 is 2.92 bits per heavy atom. The number of fused-ring (bicyclic) bond motifs is 1. The molecule has 0 bridgehead atoms. The molecule has 0 N–H and O–H groups in total. The summed E-state index contributed by atoms with van der Waals surface area (Å²) in [6.07, 6.45) is 1.39. The Bertz CT molecular complexity index is 468. The summed E-state index contributed by atoms with van der Waals surface area (Å²) in [6, 6.07) is 5.95. The highest BCUT2D eigenvalue weighted by Crippen LogP contribution is 2.11. The maximum atomic E-state index is 11.5. The van der Waals surface area contributed by atoms with Gasteiger partial charge >= 0.3 is 0 Å². The molecule has 0 saturated heterocycles. The summed E-state index contributed by atoms with van der Waals surface area (Å²) >= 11 is 0. The number of carbonyl (C=O) groups is 1. The van der Waals surface area contributed by atoms with Crippen LogP contribution in [-0.4, -0.2) is 5.78 Å². The Hall–Kier alpha value is -1.37. The molecule has 0 spiro atoms. The number of Topliss-reactive ketones (excluding diaryl/α,β-unsaturated/α-hetero) is 1. The Labute approximate surface area is 77.4 Å². The van der Waals surface area contributed by atoms with Gasteiger partial charge in [-0.15, -0.1) is 0 Å². The summed E-state index contributed by atoms with van der Waals surface area (Å²) in [5.41, 5.74) is 2.11. The molecule has 0 saturated carbocycles. The molecule has 1 aliphatic carbocycles. The summed E-state index contributed by atoms with van der Waals surface area (Å²) in [5, 5.41) is 2.09. The molecular formula is C12H12O. The SMILES string of the molecule is C=c1cccc2c1=C(CC)C(=O)C2. The van der Waals surface area contributed by atoms with Crippen LogP contribution in [0.2, 0.25) is 0 Å². The van der Waals surface area contributed by atoms with Crippen LogP contribution >= 0.6 is 0 Å². The molecule has 0 fully saturated rings. The zero-order valence-corrected chi connectivity index (χ0v) is 7.76. The first-order valence-corrected chi connectivity index (χ1v) is 4.57. The highest BCUT2D eigenvalue weighted by Gasteiger charge is 2.18. The molecule has 1 aromatic carbocycles. The molecule has 66 valence electrons. The predicted octanol–water partition coefficient (Wildman–Crippen LogP) is 0.783. The fourth-order valence-corrected chi connectivity index (χ4v) is 1.98. The molecule has 1 aliphatic rings. The van der Waals surface area contributed by atoms with Gasteiger partial charge in [0.05, 0.1) is 0 Å². The number of hydrogen-bond acceptors (Lipinski definition) is 1. The Balaban J connectivity index is 2.89. The molecule has 0 atom stereocenters. The summed E-state index contributed by atoms with van der Waals surface area (Å²) in [5.74, 6) is 0.272. The van der Waals surface area contributed by atoms with E-state index in [0.29, 0.717) is 6.42 Å². The fraction of sp³-hybridized carbons (Fsp3) is 0.250. The quantitative estimate of drug-likeness (QED) is 0.612. The first-order chi connectivity index (χ1) is 6.24. The molecule has 0 heterocycles. The number of benzene rings is 1. The van der Waals surface area contributed by atoms with Crippen LogP contribution in [0.25, 0.3) is 12.2 Å². The third-order valence-corrected chi connectivity index (χ3v) is 2.58. The van der Waals surface area contributed by atoms with Crippen molar-refractivity contribution >= 4 is 17.9 Å². The second kappa shape index (κ2) is 2.84. The minimum atomic E-state index is 0.272. The van der Waals surface area contributed by atoms with Crippen LogP contribution in [0, 0.1) is 0 Å². The van der Waals surface area contributed by atoms with Crippen molar-refractivity contribution in [2.24, 2.45) is 0 Å². The zero-order valence-electron chi connectivity index (χ0n) is 7.76. The van der Waals surface area contributed by atoms with Gasteiger partial charge in [-0.05, 0) is 22.4 Å². The van der Waals surface area contributed by atoms with E-state index in [0.717, 1.165) is 28.0 Å². The average Bonchev–Trinajstić information content (AvgIpc) is 2.42. The zero-order chi connectivity index (χ0) is 9.42. The van der Waals surface area contributed by atoms with Crippen LogP contribution in [0.5, 0.6) is 0 Å². The van der Waals surface area contributed by atoms with Crippen LogP contribution in [0.4, 0.5) is 0 Å². The van der Waals surface area contributed by atoms with Gasteiger partial charge in [0.1, 0.15) is 0 Å². The lowest BCUT2D eigenvalue weighted by molar-refractivity contribution is -0.113. The van der Waals surface area contributed by atoms with Gasteiger partial charge in [0, 0.05) is 12.0 Å². The largest absolute Gasteiger partial charge is 0.294 e. The Morgan fingerprint density at radius 2 is 2.23 bits per heavy atom. The molecule has 0 radical (unpaired) electrons. The lowest BCUT2D eigenvalue weighted by atomic mass is 10.1. The summed E-state index contributed by atoms with van der Waals surface area (Å²) in [4.78, 5) is 11.5. The van der Waals surface area contributed by atoms with E-state index in [1.165, 1.54) is 0 Å². The van der Waals surface area contributed by atoms with Crippen molar-refractivity contribution in [1.82, 2.24) is 0 Å². The molecule has 0 amide bonds. The van der Waals surface area contributed by atoms with Gasteiger partial charge in [0.2, 0.25) is 0 Å². The first-order valence-electron chi connectivity index (χ1n) is 4.57. The second-order valence-electron chi connectivity index (χ2n) is 3.38. The first kappa shape index (κ1) is 8.24. The Morgan fingerprint density at radius 1 is 1.46 bits per heavy atom. The number of hydrogen-bond donors (Lipinski definition) is 0. The monoisotopic (exact) mass is 172 g/mol. The Kier molecular flexibility index (Phi) is 1.80. The maximum Gasteiger partial charge on any atom is 0.163 e. The lowest BCUT2D eigenvalue weighted by Crippen LogP contribution is -2.26. The number of ketones is 1. The fourth-order valence-electron chi connectivity index (χ4n) is 1.98. The van der Waals surface area contributed by atoms with Crippen molar-refractivity contribution in [2.45, 2.75) is 19.8 Å². The molecule has 0 aliphatic heterocycles. The van der Waals surface area contributed by atoms with Crippen molar-refractivity contribution in [3.8, 4) is 0 Å². The number of carbonyl (C=O) groups excluding carboxylic acids is 1. The van der Waals surface area contributed by atoms with E-state index in [1.807, 2.05) is 25.1 Å². The summed E-state index contributed by atoms with van der Waals surface area (Å²) in [6.45, 7) is 5.97. The molecule has 2 rings (SSSR count). The van der Waals surface area contributed by atoms with Gasteiger partial charge in [0.25, 0.3) is 0 Å². The third kappa shape index (κ3) is 1.12. The van der Waals surface area contributed by atoms with Gasteiger partial charge in [-0.2, -0.15) is 0 Å². The van der Waals surface area contributed by atoms with Crippen molar-refractivity contribution in [3.63, 3.8) is 0 Å². The smallest absolute Gasteiger partial charge is 0.163 e. The predicted molar refractivity (Wildman–Crippen MR) is 53.6 cm³/mol.